The summed E-state index contributed by atoms with van der Waals surface area (Å²) in [4.78, 5) is 60.0. The number of hydrogen-bond acceptors (Lipinski definition) is 15. The second-order valence-corrected chi connectivity index (χ2v) is 11.4. The molecule has 7 aliphatic rings. The Balaban J connectivity index is 1.55. The molecule has 3 aliphatic carbocycles. The van der Waals surface area contributed by atoms with Gasteiger partial charge in [-0.05, 0) is 13.3 Å². The fourth-order valence-corrected chi connectivity index (χ4v) is 7.37. The number of hydrogen-bond donors (Lipinski definition) is 1. The molecule has 0 radical (unpaired) electrons. The van der Waals surface area contributed by atoms with Crippen LogP contribution in [0, 0.1) is 11.3 Å². The molecule has 4 saturated heterocycles. The van der Waals surface area contributed by atoms with Crippen LogP contribution in [0.2, 0.25) is 0 Å². The van der Waals surface area contributed by atoms with Gasteiger partial charge in [-0.3, -0.25) is 24.0 Å². The highest BCUT2D eigenvalue weighted by Gasteiger charge is 2.94. The number of esters is 5. The summed E-state index contributed by atoms with van der Waals surface area (Å²) in [7, 11) is 0. The number of carbonyl (C=O) groups excluding carboxylic acids is 5. The van der Waals surface area contributed by atoms with Crippen molar-refractivity contribution in [2.45, 2.75) is 108 Å². The molecule has 7 rings (SSSR count). The monoisotopic (exact) mass is 586 g/mol. The van der Waals surface area contributed by atoms with Crippen LogP contribution in [0.3, 0.4) is 0 Å². The van der Waals surface area contributed by atoms with Crippen LogP contribution in [-0.4, -0.2) is 102 Å². The van der Waals surface area contributed by atoms with Gasteiger partial charge in [0.25, 0.3) is 0 Å². The van der Waals surface area contributed by atoms with Gasteiger partial charge in [0.15, 0.2) is 36.7 Å². The molecule has 0 amide bonds. The van der Waals surface area contributed by atoms with Gasteiger partial charge in [0.1, 0.15) is 30.5 Å². The van der Waals surface area contributed by atoms with E-state index in [2.05, 4.69) is 0 Å². The van der Waals surface area contributed by atoms with Crippen LogP contribution in [-0.2, 0) is 66.6 Å². The van der Waals surface area contributed by atoms with Gasteiger partial charge < -0.3 is 47.7 Å². The molecule has 7 fully saturated rings. The lowest BCUT2D eigenvalue weighted by Crippen LogP contribution is -2.81. The number of aliphatic hydroxyl groups is 1. The van der Waals surface area contributed by atoms with Gasteiger partial charge in [0.05, 0.1) is 5.41 Å². The third-order valence-corrected chi connectivity index (χ3v) is 8.73. The molecule has 41 heavy (non-hydrogen) atoms. The first-order valence-electron chi connectivity index (χ1n) is 13.3. The second kappa shape index (κ2) is 9.87. The number of ether oxygens (including phenoxy) is 9. The molecular weight excluding hydrogens is 552 g/mol. The van der Waals surface area contributed by atoms with Crippen molar-refractivity contribution in [1.29, 1.82) is 0 Å². The minimum atomic E-state index is -1.54. The van der Waals surface area contributed by atoms with Crippen LogP contribution in [0.5, 0.6) is 0 Å². The highest BCUT2D eigenvalue weighted by Crippen LogP contribution is 2.81. The Hall–Kier alpha value is -2.85. The molecule has 0 aromatic rings. The van der Waals surface area contributed by atoms with Crippen molar-refractivity contribution < 1.29 is 71.7 Å². The summed E-state index contributed by atoms with van der Waals surface area (Å²) >= 11 is 0. The molecule has 15 nitrogen and oxygen atoms in total. The summed E-state index contributed by atoms with van der Waals surface area (Å²) in [6.45, 7) is 6.87. The van der Waals surface area contributed by atoms with E-state index >= 15 is 0 Å². The third kappa shape index (κ3) is 4.40. The van der Waals surface area contributed by atoms with Crippen molar-refractivity contribution in [3.05, 3.63) is 0 Å². The molecule has 15 heteroatoms. The molecule has 4 aliphatic heterocycles. The van der Waals surface area contributed by atoms with Crippen molar-refractivity contribution in [1.82, 2.24) is 0 Å². The minimum Gasteiger partial charge on any atom is -0.465 e. The third-order valence-electron chi connectivity index (χ3n) is 8.73. The smallest absolute Gasteiger partial charge is 0.303 e. The summed E-state index contributed by atoms with van der Waals surface area (Å²) in [6, 6.07) is 0. The SMILES string of the molecule is CC(=O)OC[C@H]1O[C@@H](O[C@]23C[C@@H]4[C@@]2(COC(C)=O)[C@H]2O[C@]4(O)C[C@]3(C)O2)[C@H](OC(C)=O)[C@@H](OC(C)=O)[C@@H]1OC(C)=O. The molecular formula is C26H34O15. The quantitative estimate of drug-likeness (QED) is 0.272. The highest BCUT2D eigenvalue weighted by atomic mass is 16.8. The lowest BCUT2D eigenvalue weighted by Gasteiger charge is -2.67. The van der Waals surface area contributed by atoms with E-state index in [-0.39, 0.29) is 19.4 Å². The van der Waals surface area contributed by atoms with E-state index in [0.29, 0.717) is 0 Å². The van der Waals surface area contributed by atoms with Gasteiger partial charge in [-0.1, -0.05) is 0 Å². The van der Waals surface area contributed by atoms with Gasteiger partial charge in [-0.25, -0.2) is 0 Å². The first-order chi connectivity index (χ1) is 19.1. The molecule has 6 bridgehead atoms. The number of carbonyl (C=O) groups is 5. The predicted molar refractivity (Wildman–Crippen MR) is 127 cm³/mol. The first-order valence-corrected chi connectivity index (χ1v) is 13.3. The van der Waals surface area contributed by atoms with E-state index in [4.69, 9.17) is 42.6 Å². The largest absolute Gasteiger partial charge is 0.465 e. The zero-order chi connectivity index (χ0) is 30.1. The fraction of sp³-hybridized carbons (Fsp3) is 0.808. The van der Waals surface area contributed by atoms with Crippen molar-refractivity contribution in [3.63, 3.8) is 0 Å². The van der Waals surface area contributed by atoms with Gasteiger partial charge in [0.2, 0.25) is 0 Å². The van der Waals surface area contributed by atoms with E-state index in [1.54, 1.807) is 6.92 Å². The number of rotatable bonds is 9. The van der Waals surface area contributed by atoms with Crippen LogP contribution in [0.4, 0.5) is 0 Å². The normalized spacial score (nSPS) is 44.9. The van der Waals surface area contributed by atoms with Crippen LogP contribution in [0.1, 0.15) is 54.4 Å². The van der Waals surface area contributed by atoms with E-state index in [1.165, 1.54) is 13.8 Å². The lowest BCUT2D eigenvalue weighted by atomic mass is 9.41. The Morgan fingerprint density at radius 3 is 1.98 bits per heavy atom. The molecule has 0 aromatic heterocycles. The summed E-state index contributed by atoms with van der Waals surface area (Å²) in [5.74, 6) is -5.61. The van der Waals surface area contributed by atoms with Crippen molar-refractivity contribution in [2.75, 3.05) is 13.2 Å². The molecule has 1 N–H and O–H groups in total. The van der Waals surface area contributed by atoms with Crippen LogP contribution in [0.15, 0.2) is 0 Å². The maximum absolute atomic E-state index is 12.3. The summed E-state index contributed by atoms with van der Waals surface area (Å²) < 4.78 is 52.0. The van der Waals surface area contributed by atoms with Gasteiger partial charge in [0, 0.05) is 47.0 Å². The van der Waals surface area contributed by atoms with E-state index in [0.717, 1.165) is 20.8 Å². The Labute approximate surface area is 234 Å². The summed E-state index contributed by atoms with van der Waals surface area (Å²) in [5.41, 5.74) is -3.62. The van der Waals surface area contributed by atoms with Crippen molar-refractivity contribution in [3.8, 4) is 0 Å². The van der Waals surface area contributed by atoms with Crippen molar-refractivity contribution >= 4 is 29.8 Å². The molecule has 0 aromatic carbocycles. The first kappa shape index (κ1) is 29.6. The molecule has 3 saturated carbocycles. The second-order valence-electron chi connectivity index (χ2n) is 11.4. The predicted octanol–water partition coefficient (Wildman–Crippen LogP) is -0.368. The van der Waals surface area contributed by atoms with Crippen LogP contribution >= 0.6 is 0 Å². The maximum atomic E-state index is 12.3. The topological polar surface area (TPSA) is 189 Å². The Morgan fingerprint density at radius 1 is 0.805 bits per heavy atom. The van der Waals surface area contributed by atoms with Crippen LogP contribution in [0.25, 0.3) is 0 Å². The average Bonchev–Trinajstić information content (AvgIpc) is 3.01. The Morgan fingerprint density at radius 2 is 1.39 bits per heavy atom. The van der Waals surface area contributed by atoms with E-state index in [1.807, 2.05) is 0 Å². The van der Waals surface area contributed by atoms with Gasteiger partial charge in [-0.2, -0.15) is 0 Å². The van der Waals surface area contributed by atoms with Crippen LogP contribution < -0.4 is 0 Å². The zero-order valence-corrected chi connectivity index (χ0v) is 23.5. The maximum Gasteiger partial charge on any atom is 0.303 e. The molecule has 4 heterocycles. The molecule has 228 valence electrons. The molecule has 0 spiro atoms. The lowest BCUT2D eigenvalue weighted by molar-refractivity contribution is -0.424. The molecule has 0 unspecified atom stereocenters. The van der Waals surface area contributed by atoms with E-state index in [9.17, 15) is 29.1 Å². The fourth-order valence-electron chi connectivity index (χ4n) is 7.37. The summed E-state index contributed by atoms with van der Waals surface area (Å²) in [6.07, 6.45) is -7.72. The highest BCUT2D eigenvalue weighted by molar-refractivity contribution is 5.69. The average molecular weight is 587 g/mol. The standard InChI is InChI=1S/C26H34O15/c1-11(27)33-8-16-18(35-13(3)29)19(36-14(4)30)20(37-15(5)31)21(38-16)39-26-7-17-24(26,10-34-12(2)28)22-40-23(26,6)9-25(17,32)41-22/h16-22,32H,7-10H2,1-6H3/t16-,17-,18-,19+,20-,21+,22-,23+,24+,25-,26+/m1/s1. The Bertz CT molecular complexity index is 1160. The van der Waals surface area contributed by atoms with Gasteiger partial charge in [-0.15, -0.1) is 0 Å². The van der Waals surface area contributed by atoms with Gasteiger partial charge >= 0.3 is 29.8 Å². The zero-order valence-electron chi connectivity index (χ0n) is 23.5. The summed E-state index contributed by atoms with van der Waals surface area (Å²) in [5, 5.41) is 11.3. The van der Waals surface area contributed by atoms with Crippen molar-refractivity contribution in [2.24, 2.45) is 11.3 Å². The Kier molecular flexibility index (Phi) is 7.13. The molecule has 11 atom stereocenters. The minimum absolute atomic E-state index is 0.0221. The van der Waals surface area contributed by atoms with E-state index < -0.39 is 102 Å².